The van der Waals surface area contributed by atoms with Crippen LogP contribution >= 0.6 is 0 Å². The number of hydrogen-bond acceptors (Lipinski definition) is 3. The number of nitrogen functional groups attached to an aromatic ring is 1. The van der Waals surface area contributed by atoms with Crippen molar-refractivity contribution >= 4 is 5.82 Å². The van der Waals surface area contributed by atoms with E-state index in [1.54, 1.807) is 0 Å². The molecule has 0 radical (unpaired) electrons. The Morgan fingerprint density at radius 3 is 2.75 bits per heavy atom. The van der Waals surface area contributed by atoms with Crippen molar-refractivity contribution in [1.82, 2.24) is 14.8 Å². The van der Waals surface area contributed by atoms with Gasteiger partial charge >= 0.3 is 0 Å². The molecule has 0 bridgehead atoms. The summed E-state index contributed by atoms with van der Waals surface area (Å²) in [6.07, 6.45) is 4.76. The number of nitrogens with two attached hydrogens (primary N) is 1. The topological polar surface area (TPSA) is 56.7 Å². The highest BCUT2D eigenvalue weighted by Crippen LogP contribution is 2.26. The van der Waals surface area contributed by atoms with Gasteiger partial charge in [0.15, 0.2) is 0 Å². The predicted molar refractivity (Wildman–Crippen MR) is 65.0 cm³/mol. The van der Waals surface area contributed by atoms with Crippen molar-refractivity contribution < 1.29 is 0 Å². The normalized spacial score (nSPS) is 10.7. The third-order valence-corrected chi connectivity index (χ3v) is 2.66. The summed E-state index contributed by atoms with van der Waals surface area (Å²) in [7, 11) is 1.93. The van der Waals surface area contributed by atoms with Crippen molar-refractivity contribution in [3.8, 4) is 11.1 Å². The van der Waals surface area contributed by atoms with E-state index in [1.807, 2.05) is 37.1 Å². The summed E-state index contributed by atoms with van der Waals surface area (Å²) in [5.74, 6) is 0.559. The minimum atomic E-state index is 0.559. The molecule has 0 aromatic carbocycles. The second-order valence-electron chi connectivity index (χ2n) is 3.94. The summed E-state index contributed by atoms with van der Waals surface area (Å²) < 4.78 is 1.84. The SMILES string of the molecule is CCc1nn(C)cc1-c1cnc(N)cc1C. The second kappa shape index (κ2) is 3.96. The van der Waals surface area contributed by atoms with Crippen LogP contribution in [0.25, 0.3) is 11.1 Å². The van der Waals surface area contributed by atoms with Gasteiger partial charge in [-0.2, -0.15) is 5.10 Å². The highest BCUT2D eigenvalue weighted by atomic mass is 15.2. The van der Waals surface area contributed by atoms with Crippen LogP contribution in [0.15, 0.2) is 18.5 Å². The molecular weight excluding hydrogens is 200 g/mol. The minimum absolute atomic E-state index is 0.559. The van der Waals surface area contributed by atoms with Crippen LogP contribution in [0.1, 0.15) is 18.2 Å². The zero-order valence-corrected chi connectivity index (χ0v) is 9.86. The molecule has 0 aliphatic carbocycles. The molecule has 2 heterocycles. The maximum absolute atomic E-state index is 5.65. The molecule has 2 aromatic heterocycles. The Morgan fingerprint density at radius 2 is 2.12 bits per heavy atom. The zero-order chi connectivity index (χ0) is 11.7. The van der Waals surface area contributed by atoms with Crippen molar-refractivity contribution in [2.75, 3.05) is 5.73 Å². The molecule has 16 heavy (non-hydrogen) atoms. The molecule has 0 unspecified atom stereocenters. The summed E-state index contributed by atoms with van der Waals surface area (Å²) in [4.78, 5) is 4.14. The van der Waals surface area contributed by atoms with Gasteiger partial charge in [0.05, 0.1) is 5.69 Å². The van der Waals surface area contributed by atoms with Crippen LogP contribution in [-0.2, 0) is 13.5 Å². The predicted octanol–water partition coefficient (Wildman–Crippen LogP) is 1.94. The molecule has 2 N–H and O–H groups in total. The van der Waals surface area contributed by atoms with E-state index in [4.69, 9.17) is 5.73 Å². The first kappa shape index (κ1) is 10.7. The lowest BCUT2D eigenvalue weighted by Gasteiger charge is -2.05. The first-order valence-corrected chi connectivity index (χ1v) is 5.36. The monoisotopic (exact) mass is 216 g/mol. The fourth-order valence-corrected chi connectivity index (χ4v) is 1.88. The molecule has 0 saturated heterocycles. The van der Waals surface area contributed by atoms with Crippen LogP contribution in [-0.4, -0.2) is 14.8 Å². The van der Waals surface area contributed by atoms with Gasteiger partial charge < -0.3 is 5.73 Å². The van der Waals surface area contributed by atoms with Crippen molar-refractivity contribution in [3.63, 3.8) is 0 Å². The Kier molecular flexibility index (Phi) is 2.64. The fraction of sp³-hybridized carbons (Fsp3) is 0.333. The second-order valence-corrected chi connectivity index (χ2v) is 3.94. The number of aryl methyl sites for hydroxylation is 3. The summed E-state index contributed by atoms with van der Waals surface area (Å²) in [6.45, 7) is 4.14. The maximum atomic E-state index is 5.65. The van der Waals surface area contributed by atoms with Gasteiger partial charge in [0.2, 0.25) is 0 Å². The highest BCUT2D eigenvalue weighted by Gasteiger charge is 2.10. The highest BCUT2D eigenvalue weighted by molar-refractivity contribution is 5.69. The van der Waals surface area contributed by atoms with E-state index in [9.17, 15) is 0 Å². The Morgan fingerprint density at radius 1 is 1.38 bits per heavy atom. The van der Waals surface area contributed by atoms with Crippen LogP contribution in [0.4, 0.5) is 5.82 Å². The number of anilines is 1. The van der Waals surface area contributed by atoms with E-state index in [2.05, 4.69) is 17.0 Å². The van der Waals surface area contributed by atoms with Crippen molar-refractivity contribution in [2.45, 2.75) is 20.3 Å². The Hall–Kier alpha value is -1.84. The van der Waals surface area contributed by atoms with Gasteiger partial charge in [0.1, 0.15) is 5.82 Å². The van der Waals surface area contributed by atoms with Crippen LogP contribution in [0.2, 0.25) is 0 Å². The van der Waals surface area contributed by atoms with Crippen molar-refractivity contribution in [3.05, 3.63) is 29.7 Å². The lowest BCUT2D eigenvalue weighted by atomic mass is 10.0. The number of aromatic nitrogens is 3. The van der Waals surface area contributed by atoms with Gasteiger partial charge in [-0.1, -0.05) is 6.92 Å². The molecule has 0 aliphatic rings. The van der Waals surface area contributed by atoms with Crippen molar-refractivity contribution in [2.24, 2.45) is 7.05 Å². The molecular formula is C12H16N4. The molecule has 0 amide bonds. The van der Waals surface area contributed by atoms with Crippen molar-refractivity contribution in [1.29, 1.82) is 0 Å². The average Bonchev–Trinajstić information content (AvgIpc) is 2.59. The van der Waals surface area contributed by atoms with Gasteiger partial charge in [0.25, 0.3) is 0 Å². The smallest absolute Gasteiger partial charge is 0.123 e. The molecule has 0 spiro atoms. The molecule has 0 fully saturated rings. The first-order chi connectivity index (χ1) is 7.61. The third kappa shape index (κ3) is 1.78. The number of hydrogen-bond donors (Lipinski definition) is 1. The quantitative estimate of drug-likeness (QED) is 0.834. The van der Waals surface area contributed by atoms with Crippen LogP contribution in [0, 0.1) is 6.92 Å². The van der Waals surface area contributed by atoms with E-state index >= 15 is 0 Å². The molecule has 84 valence electrons. The Bertz CT molecular complexity index is 514. The van der Waals surface area contributed by atoms with E-state index in [0.717, 1.165) is 28.8 Å². The summed E-state index contributed by atoms with van der Waals surface area (Å²) in [6, 6.07) is 1.89. The summed E-state index contributed by atoms with van der Waals surface area (Å²) in [5, 5.41) is 4.43. The average molecular weight is 216 g/mol. The zero-order valence-electron chi connectivity index (χ0n) is 9.86. The van der Waals surface area contributed by atoms with Crippen LogP contribution in [0.5, 0.6) is 0 Å². The molecule has 4 heteroatoms. The summed E-state index contributed by atoms with van der Waals surface area (Å²) in [5.41, 5.74) is 10.1. The van der Waals surface area contributed by atoms with E-state index < -0.39 is 0 Å². The maximum Gasteiger partial charge on any atom is 0.123 e. The first-order valence-electron chi connectivity index (χ1n) is 5.36. The van der Waals surface area contributed by atoms with E-state index in [-0.39, 0.29) is 0 Å². The molecule has 4 nitrogen and oxygen atoms in total. The van der Waals surface area contributed by atoms with Gasteiger partial charge in [-0.3, -0.25) is 4.68 Å². The number of rotatable bonds is 2. The van der Waals surface area contributed by atoms with E-state index in [1.165, 1.54) is 0 Å². The van der Waals surface area contributed by atoms with E-state index in [0.29, 0.717) is 5.82 Å². The lowest BCUT2D eigenvalue weighted by Crippen LogP contribution is -1.94. The minimum Gasteiger partial charge on any atom is -0.384 e. The summed E-state index contributed by atoms with van der Waals surface area (Å²) >= 11 is 0. The molecule has 2 rings (SSSR count). The standard InChI is InChI=1S/C12H16N4/c1-4-11-10(7-16(3)15-11)9-6-14-12(13)5-8(9)2/h5-7H,4H2,1-3H3,(H2,13,14). The van der Waals surface area contributed by atoms with Crippen LogP contribution < -0.4 is 5.73 Å². The number of nitrogens with zero attached hydrogens (tertiary/aromatic N) is 3. The lowest BCUT2D eigenvalue weighted by molar-refractivity contribution is 0.746. The Labute approximate surface area is 95.1 Å². The molecule has 2 aromatic rings. The van der Waals surface area contributed by atoms with Gasteiger partial charge in [-0.25, -0.2) is 4.98 Å². The number of pyridine rings is 1. The Balaban J connectivity index is 2.57. The molecule has 0 aliphatic heterocycles. The van der Waals surface area contributed by atoms with Crippen LogP contribution in [0.3, 0.4) is 0 Å². The van der Waals surface area contributed by atoms with Gasteiger partial charge in [0, 0.05) is 30.6 Å². The largest absolute Gasteiger partial charge is 0.384 e. The van der Waals surface area contributed by atoms with Gasteiger partial charge in [-0.15, -0.1) is 0 Å². The molecule has 0 atom stereocenters. The fourth-order valence-electron chi connectivity index (χ4n) is 1.88. The van der Waals surface area contributed by atoms with Gasteiger partial charge in [-0.05, 0) is 25.0 Å². The molecule has 0 saturated carbocycles. The third-order valence-electron chi connectivity index (χ3n) is 2.66.